The lowest BCUT2D eigenvalue weighted by molar-refractivity contribution is -0.147. The minimum atomic E-state index is -0.398. The molecule has 0 bridgehead atoms. The zero-order valence-electron chi connectivity index (χ0n) is 8.54. The predicted molar refractivity (Wildman–Crippen MR) is 53.9 cm³/mol. The Labute approximate surface area is 83.9 Å². The van der Waals surface area contributed by atoms with Crippen molar-refractivity contribution in [2.24, 2.45) is 0 Å². The Balaban J connectivity index is 2.30. The highest BCUT2D eigenvalue weighted by Gasteiger charge is 2.37. The van der Waals surface area contributed by atoms with Gasteiger partial charge in [0.05, 0.1) is 0 Å². The number of carbonyl (C=O) groups is 1. The first-order chi connectivity index (χ1) is 6.60. The summed E-state index contributed by atoms with van der Waals surface area (Å²) >= 11 is 0. The molecule has 1 unspecified atom stereocenters. The number of cyclic esters (lactones) is 1. The van der Waals surface area contributed by atoms with Gasteiger partial charge in [-0.2, -0.15) is 0 Å². The average molecular weight is 190 g/mol. The van der Waals surface area contributed by atoms with Crippen LogP contribution in [-0.4, -0.2) is 5.97 Å². The molecule has 0 amide bonds. The van der Waals surface area contributed by atoms with Gasteiger partial charge in [0.1, 0.15) is 5.60 Å². The second kappa shape index (κ2) is 3.12. The van der Waals surface area contributed by atoms with Crippen molar-refractivity contribution in [3.8, 4) is 0 Å². The number of aryl methyl sites for hydroxylation is 1. The van der Waals surface area contributed by atoms with Gasteiger partial charge in [0, 0.05) is 12.8 Å². The lowest BCUT2D eigenvalue weighted by Gasteiger charge is -2.22. The Morgan fingerprint density at radius 1 is 1.29 bits per heavy atom. The molecule has 0 radical (unpaired) electrons. The number of rotatable bonds is 1. The van der Waals surface area contributed by atoms with Crippen molar-refractivity contribution < 1.29 is 9.53 Å². The third-order valence-electron chi connectivity index (χ3n) is 2.81. The van der Waals surface area contributed by atoms with Crippen molar-refractivity contribution in [1.29, 1.82) is 0 Å². The zero-order valence-corrected chi connectivity index (χ0v) is 8.54. The summed E-state index contributed by atoms with van der Waals surface area (Å²) < 4.78 is 5.34. The summed E-state index contributed by atoms with van der Waals surface area (Å²) in [6, 6.07) is 8.17. The summed E-state index contributed by atoms with van der Waals surface area (Å²) in [5, 5.41) is 0. The number of hydrogen-bond acceptors (Lipinski definition) is 2. The van der Waals surface area contributed by atoms with E-state index in [4.69, 9.17) is 4.74 Å². The Bertz CT molecular complexity index is 353. The topological polar surface area (TPSA) is 26.3 Å². The number of ether oxygens (including phenoxy) is 1. The number of hydrogen-bond donors (Lipinski definition) is 0. The third kappa shape index (κ3) is 1.52. The summed E-state index contributed by atoms with van der Waals surface area (Å²) in [5.74, 6) is -0.0897. The molecule has 2 heteroatoms. The van der Waals surface area contributed by atoms with Crippen LogP contribution in [0.3, 0.4) is 0 Å². The van der Waals surface area contributed by atoms with Crippen LogP contribution in [0.1, 0.15) is 30.9 Å². The van der Waals surface area contributed by atoms with Crippen LogP contribution in [0.5, 0.6) is 0 Å². The molecular formula is C12H14O2. The minimum absolute atomic E-state index is 0.0897. The molecule has 1 aliphatic heterocycles. The van der Waals surface area contributed by atoms with Crippen LogP contribution in [0.15, 0.2) is 24.3 Å². The second-order valence-corrected chi connectivity index (χ2v) is 4.07. The fourth-order valence-electron chi connectivity index (χ4n) is 1.80. The number of esters is 1. The monoisotopic (exact) mass is 190 g/mol. The SMILES string of the molecule is Cc1ccc(C2(C)CCC(=O)O2)cc1. The summed E-state index contributed by atoms with van der Waals surface area (Å²) in [7, 11) is 0. The normalized spacial score (nSPS) is 26.3. The van der Waals surface area contributed by atoms with E-state index in [2.05, 4.69) is 0 Å². The van der Waals surface area contributed by atoms with Crippen molar-refractivity contribution in [1.82, 2.24) is 0 Å². The molecule has 0 spiro atoms. The van der Waals surface area contributed by atoms with Crippen LogP contribution in [0.2, 0.25) is 0 Å². The first-order valence-electron chi connectivity index (χ1n) is 4.89. The van der Waals surface area contributed by atoms with Crippen LogP contribution in [-0.2, 0) is 15.1 Å². The molecule has 1 saturated heterocycles. The first kappa shape index (κ1) is 9.25. The van der Waals surface area contributed by atoms with Crippen molar-refractivity contribution in [2.45, 2.75) is 32.3 Å². The maximum Gasteiger partial charge on any atom is 0.306 e. The van der Waals surface area contributed by atoms with Gasteiger partial charge in [-0.05, 0) is 19.4 Å². The minimum Gasteiger partial charge on any atom is -0.454 e. The first-order valence-corrected chi connectivity index (χ1v) is 4.89. The van der Waals surface area contributed by atoms with E-state index < -0.39 is 5.60 Å². The molecule has 0 N–H and O–H groups in total. The maximum atomic E-state index is 11.1. The van der Waals surface area contributed by atoms with E-state index in [1.54, 1.807) is 0 Å². The fraction of sp³-hybridized carbons (Fsp3) is 0.417. The van der Waals surface area contributed by atoms with Crippen LogP contribution < -0.4 is 0 Å². The Morgan fingerprint density at radius 3 is 2.43 bits per heavy atom. The van der Waals surface area contributed by atoms with Crippen molar-refractivity contribution >= 4 is 5.97 Å². The summed E-state index contributed by atoms with van der Waals surface area (Å²) in [5.41, 5.74) is 1.92. The van der Waals surface area contributed by atoms with E-state index in [0.717, 1.165) is 12.0 Å². The Kier molecular flexibility index (Phi) is 2.06. The van der Waals surface area contributed by atoms with Gasteiger partial charge in [0.25, 0.3) is 0 Å². The van der Waals surface area contributed by atoms with E-state index in [0.29, 0.717) is 6.42 Å². The standard InChI is InChI=1S/C12H14O2/c1-9-3-5-10(6-4-9)12(2)8-7-11(13)14-12/h3-6H,7-8H2,1-2H3. The van der Waals surface area contributed by atoms with Gasteiger partial charge in [-0.25, -0.2) is 0 Å². The third-order valence-corrected chi connectivity index (χ3v) is 2.81. The maximum absolute atomic E-state index is 11.1. The molecule has 0 saturated carbocycles. The molecule has 0 aliphatic carbocycles. The lowest BCUT2D eigenvalue weighted by Crippen LogP contribution is -2.20. The van der Waals surface area contributed by atoms with E-state index >= 15 is 0 Å². The van der Waals surface area contributed by atoms with Gasteiger partial charge >= 0.3 is 5.97 Å². The molecule has 14 heavy (non-hydrogen) atoms. The van der Waals surface area contributed by atoms with Crippen molar-refractivity contribution in [2.75, 3.05) is 0 Å². The molecule has 0 aromatic heterocycles. The number of benzene rings is 1. The van der Waals surface area contributed by atoms with Gasteiger partial charge in [0.2, 0.25) is 0 Å². The molecule has 74 valence electrons. The highest BCUT2D eigenvalue weighted by molar-refractivity contribution is 5.72. The Morgan fingerprint density at radius 2 is 1.93 bits per heavy atom. The van der Waals surface area contributed by atoms with E-state index in [-0.39, 0.29) is 5.97 Å². The van der Waals surface area contributed by atoms with Crippen LogP contribution in [0.4, 0.5) is 0 Å². The highest BCUT2D eigenvalue weighted by atomic mass is 16.6. The smallest absolute Gasteiger partial charge is 0.306 e. The van der Waals surface area contributed by atoms with Gasteiger partial charge < -0.3 is 4.74 Å². The van der Waals surface area contributed by atoms with E-state index in [9.17, 15) is 4.79 Å². The quantitative estimate of drug-likeness (QED) is 0.636. The molecule has 1 aliphatic rings. The van der Waals surface area contributed by atoms with Crippen LogP contribution in [0.25, 0.3) is 0 Å². The number of carbonyl (C=O) groups excluding carboxylic acids is 1. The van der Waals surface area contributed by atoms with Gasteiger partial charge in [-0.15, -0.1) is 0 Å². The molecule has 2 nitrogen and oxygen atoms in total. The second-order valence-electron chi connectivity index (χ2n) is 4.07. The summed E-state index contributed by atoms with van der Waals surface area (Å²) in [6.07, 6.45) is 1.32. The van der Waals surface area contributed by atoms with E-state index in [1.807, 2.05) is 38.1 Å². The van der Waals surface area contributed by atoms with Gasteiger partial charge in [-0.1, -0.05) is 29.8 Å². The molecule has 1 aromatic rings. The fourth-order valence-corrected chi connectivity index (χ4v) is 1.80. The van der Waals surface area contributed by atoms with Crippen LogP contribution >= 0.6 is 0 Å². The van der Waals surface area contributed by atoms with Gasteiger partial charge in [-0.3, -0.25) is 4.79 Å². The average Bonchev–Trinajstić information content (AvgIpc) is 2.48. The van der Waals surface area contributed by atoms with E-state index in [1.165, 1.54) is 5.56 Å². The summed E-state index contributed by atoms with van der Waals surface area (Å²) in [4.78, 5) is 11.1. The summed E-state index contributed by atoms with van der Waals surface area (Å²) in [6.45, 7) is 4.02. The molecule has 2 rings (SSSR count). The highest BCUT2D eigenvalue weighted by Crippen LogP contribution is 2.36. The zero-order chi connectivity index (χ0) is 10.2. The largest absolute Gasteiger partial charge is 0.454 e. The molecule has 1 fully saturated rings. The lowest BCUT2D eigenvalue weighted by atomic mass is 9.92. The molecule has 1 atom stereocenters. The molecule has 1 heterocycles. The van der Waals surface area contributed by atoms with Crippen molar-refractivity contribution in [3.05, 3.63) is 35.4 Å². The van der Waals surface area contributed by atoms with Gasteiger partial charge in [0.15, 0.2) is 0 Å². The molecular weight excluding hydrogens is 176 g/mol. The Hall–Kier alpha value is -1.31. The van der Waals surface area contributed by atoms with Crippen molar-refractivity contribution in [3.63, 3.8) is 0 Å². The predicted octanol–water partition coefficient (Wildman–Crippen LogP) is 2.55. The van der Waals surface area contributed by atoms with Crippen LogP contribution in [0, 0.1) is 6.92 Å². The molecule has 1 aromatic carbocycles.